The molecule has 1 amide bonds. The van der Waals surface area contributed by atoms with Gasteiger partial charge in [-0.1, -0.05) is 78.9 Å². The Morgan fingerprint density at radius 1 is 0.857 bits per heavy atom. The van der Waals surface area contributed by atoms with Gasteiger partial charge in [0, 0.05) is 31.2 Å². The van der Waals surface area contributed by atoms with Gasteiger partial charge in [-0.25, -0.2) is 0 Å². The van der Waals surface area contributed by atoms with Gasteiger partial charge < -0.3 is 10.2 Å². The molecule has 1 aliphatic rings. The van der Waals surface area contributed by atoms with Crippen LogP contribution in [-0.4, -0.2) is 36.5 Å². The Labute approximate surface area is 167 Å². The Hall–Kier alpha value is -2.91. The minimum Gasteiger partial charge on any atom is -0.333 e. The Kier molecular flexibility index (Phi) is 5.83. The van der Waals surface area contributed by atoms with Crippen molar-refractivity contribution in [2.45, 2.75) is 18.9 Å². The predicted octanol–water partition coefficient (Wildman–Crippen LogP) is 3.93. The number of nitrogens with zero attached hydrogens (tertiary/aromatic N) is 1. The second kappa shape index (κ2) is 8.85. The lowest BCUT2D eigenvalue weighted by molar-refractivity contribution is 0.0635. The van der Waals surface area contributed by atoms with E-state index in [1.54, 1.807) is 0 Å². The molecule has 1 atom stereocenters. The summed E-state index contributed by atoms with van der Waals surface area (Å²) in [6.07, 6.45) is 1.65. The van der Waals surface area contributed by atoms with E-state index in [1.165, 1.54) is 11.1 Å². The van der Waals surface area contributed by atoms with E-state index in [1.807, 2.05) is 42.5 Å². The maximum absolute atomic E-state index is 13.5. The van der Waals surface area contributed by atoms with Gasteiger partial charge in [-0.3, -0.25) is 4.79 Å². The molecule has 1 aliphatic heterocycles. The highest BCUT2D eigenvalue weighted by atomic mass is 16.2. The average molecular weight is 370 g/mol. The lowest BCUT2D eigenvalue weighted by Gasteiger charge is -2.37. The largest absolute Gasteiger partial charge is 0.333 e. The van der Waals surface area contributed by atoms with Crippen LogP contribution in [0.15, 0.2) is 84.9 Å². The number of nitrogens with one attached hydrogen (secondary N) is 1. The average Bonchev–Trinajstić information content (AvgIpc) is 2.76. The first-order chi connectivity index (χ1) is 13.8. The second-order valence-corrected chi connectivity index (χ2v) is 7.37. The van der Waals surface area contributed by atoms with Crippen LogP contribution < -0.4 is 5.32 Å². The molecule has 3 aromatic carbocycles. The second-order valence-electron chi connectivity index (χ2n) is 7.37. The molecule has 1 N–H and O–H groups in total. The zero-order chi connectivity index (χ0) is 19.2. The molecule has 0 aromatic heterocycles. The Bertz CT molecular complexity index is 908. The normalized spacial score (nSPS) is 16.7. The van der Waals surface area contributed by atoms with Gasteiger partial charge >= 0.3 is 0 Å². The van der Waals surface area contributed by atoms with Crippen LogP contribution >= 0.6 is 0 Å². The molecule has 28 heavy (non-hydrogen) atoms. The van der Waals surface area contributed by atoms with E-state index in [2.05, 4.69) is 52.7 Å². The molecule has 1 saturated heterocycles. The SMILES string of the molecule is O=C(c1ccccc1Cc1ccccc1)N1CCNC[C@H]1Cc1ccccc1. The fourth-order valence-electron chi connectivity index (χ4n) is 3.95. The fourth-order valence-corrected chi connectivity index (χ4v) is 3.95. The summed E-state index contributed by atoms with van der Waals surface area (Å²) in [6, 6.07) is 29.0. The topological polar surface area (TPSA) is 32.3 Å². The maximum atomic E-state index is 13.5. The zero-order valence-electron chi connectivity index (χ0n) is 16.1. The van der Waals surface area contributed by atoms with Gasteiger partial charge in [0.15, 0.2) is 0 Å². The van der Waals surface area contributed by atoms with Crippen molar-refractivity contribution in [1.82, 2.24) is 10.2 Å². The molecule has 142 valence electrons. The van der Waals surface area contributed by atoms with Crippen LogP contribution in [-0.2, 0) is 12.8 Å². The highest BCUT2D eigenvalue weighted by Gasteiger charge is 2.28. The number of hydrogen-bond donors (Lipinski definition) is 1. The van der Waals surface area contributed by atoms with Crippen LogP contribution in [0.3, 0.4) is 0 Å². The van der Waals surface area contributed by atoms with E-state index < -0.39 is 0 Å². The Balaban J connectivity index is 1.57. The van der Waals surface area contributed by atoms with Gasteiger partial charge in [-0.2, -0.15) is 0 Å². The molecule has 3 nitrogen and oxygen atoms in total. The maximum Gasteiger partial charge on any atom is 0.254 e. The summed E-state index contributed by atoms with van der Waals surface area (Å²) in [7, 11) is 0. The molecule has 0 aliphatic carbocycles. The van der Waals surface area contributed by atoms with E-state index >= 15 is 0 Å². The summed E-state index contributed by atoms with van der Waals surface area (Å²) in [5.41, 5.74) is 4.41. The van der Waals surface area contributed by atoms with E-state index in [9.17, 15) is 4.79 Å². The number of piperazine rings is 1. The number of benzene rings is 3. The molecule has 0 radical (unpaired) electrons. The molecule has 1 heterocycles. The third-order valence-electron chi connectivity index (χ3n) is 5.41. The zero-order valence-corrected chi connectivity index (χ0v) is 16.1. The van der Waals surface area contributed by atoms with Crippen molar-refractivity contribution >= 4 is 5.91 Å². The molecule has 1 fully saturated rings. The van der Waals surface area contributed by atoms with E-state index in [4.69, 9.17) is 0 Å². The van der Waals surface area contributed by atoms with Crippen molar-refractivity contribution in [2.75, 3.05) is 19.6 Å². The van der Waals surface area contributed by atoms with Crippen LogP contribution in [0, 0.1) is 0 Å². The first kappa shape index (κ1) is 18.5. The highest BCUT2D eigenvalue weighted by Crippen LogP contribution is 2.20. The minimum absolute atomic E-state index is 0.147. The number of amides is 1. The number of rotatable bonds is 5. The van der Waals surface area contributed by atoms with Crippen LogP contribution in [0.2, 0.25) is 0 Å². The van der Waals surface area contributed by atoms with Gasteiger partial charge in [0.05, 0.1) is 0 Å². The minimum atomic E-state index is 0.147. The van der Waals surface area contributed by atoms with Gasteiger partial charge in [0.2, 0.25) is 0 Å². The molecule has 0 saturated carbocycles. The van der Waals surface area contributed by atoms with Gasteiger partial charge in [0.1, 0.15) is 0 Å². The van der Waals surface area contributed by atoms with Crippen LogP contribution in [0.1, 0.15) is 27.0 Å². The summed E-state index contributed by atoms with van der Waals surface area (Å²) < 4.78 is 0. The Morgan fingerprint density at radius 2 is 1.50 bits per heavy atom. The van der Waals surface area contributed by atoms with Crippen molar-refractivity contribution in [3.63, 3.8) is 0 Å². The summed E-state index contributed by atoms with van der Waals surface area (Å²) in [5.74, 6) is 0.147. The van der Waals surface area contributed by atoms with E-state index in [-0.39, 0.29) is 11.9 Å². The predicted molar refractivity (Wildman–Crippen MR) is 114 cm³/mol. The summed E-state index contributed by atoms with van der Waals surface area (Å²) in [4.78, 5) is 15.6. The number of carbonyl (C=O) groups excluding carboxylic acids is 1. The number of hydrogen-bond acceptors (Lipinski definition) is 2. The first-order valence-electron chi connectivity index (χ1n) is 9.99. The lowest BCUT2D eigenvalue weighted by atomic mass is 9.97. The van der Waals surface area contributed by atoms with Crippen LogP contribution in [0.5, 0.6) is 0 Å². The summed E-state index contributed by atoms with van der Waals surface area (Å²) in [5, 5.41) is 3.45. The van der Waals surface area contributed by atoms with Crippen LogP contribution in [0.25, 0.3) is 0 Å². The fraction of sp³-hybridized carbons (Fsp3) is 0.240. The Morgan fingerprint density at radius 3 is 2.25 bits per heavy atom. The number of carbonyl (C=O) groups is 1. The van der Waals surface area contributed by atoms with E-state index in [0.29, 0.717) is 0 Å². The molecule has 4 rings (SSSR count). The highest BCUT2D eigenvalue weighted by molar-refractivity contribution is 5.96. The molecular formula is C25H26N2O. The van der Waals surface area contributed by atoms with Gasteiger partial charge in [-0.05, 0) is 35.6 Å². The quantitative estimate of drug-likeness (QED) is 0.738. The molecule has 3 aromatic rings. The van der Waals surface area contributed by atoms with Crippen molar-refractivity contribution in [2.24, 2.45) is 0 Å². The van der Waals surface area contributed by atoms with Crippen LogP contribution in [0.4, 0.5) is 0 Å². The molecule has 0 bridgehead atoms. The third kappa shape index (κ3) is 4.32. The van der Waals surface area contributed by atoms with E-state index in [0.717, 1.165) is 43.6 Å². The monoisotopic (exact) mass is 370 g/mol. The van der Waals surface area contributed by atoms with Crippen molar-refractivity contribution in [1.29, 1.82) is 0 Å². The molecule has 3 heteroatoms. The first-order valence-corrected chi connectivity index (χ1v) is 9.99. The van der Waals surface area contributed by atoms with Crippen molar-refractivity contribution in [3.05, 3.63) is 107 Å². The molecule has 0 spiro atoms. The van der Waals surface area contributed by atoms with Gasteiger partial charge in [0.25, 0.3) is 5.91 Å². The summed E-state index contributed by atoms with van der Waals surface area (Å²) >= 11 is 0. The smallest absolute Gasteiger partial charge is 0.254 e. The third-order valence-corrected chi connectivity index (χ3v) is 5.41. The lowest BCUT2D eigenvalue weighted by Crippen LogP contribution is -2.54. The van der Waals surface area contributed by atoms with Crippen molar-refractivity contribution in [3.8, 4) is 0 Å². The van der Waals surface area contributed by atoms with Gasteiger partial charge in [-0.15, -0.1) is 0 Å². The molecular weight excluding hydrogens is 344 g/mol. The van der Waals surface area contributed by atoms with Crippen molar-refractivity contribution < 1.29 is 4.79 Å². The molecule has 0 unspecified atom stereocenters. The summed E-state index contributed by atoms with van der Waals surface area (Å²) in [6.45, 7) is 2.43. The standard InChI is InChI=1S/C25H26N2O/c28-25(24-14-8-7-13-22(24)17-20-9-3-1-4-10-20)27-16-15-26-19-23(27)18-21-11-5-2-6-12-21/h1-14,23,26H,15-19H2/t23-/m1/s1.